The van der Waals surface area contributed by atoms with Crippen molar-refractivity contribution in [3.63, 3.8) is 0 Å². The zero-order valence-corrected chi connectivity index (χ0v) is 13.1. The highest BCUT2D eigenvalue weighted by Crippen LogP contribution is 2.19. The SMILES string of the molecule is O=S(=O)(NCc1ccc(Br)cc1)c1csc(CO)c1. The summed E-state index contributed by atoms with van der Waals surface area (Å²) < 4.78 is 27.5. The van der Waals surface area contributed by atoms with Gasteiger partial charge in [0.1, 0.15) is 0 Å². The Hall–Kier alpha value is -0.730. The highest BCUT2D eigenvalue weighted by Gasteiger charge is 2.15. The summed E-state index contributed by atoms with van der Waals surface area (Å²) in [7, 11) is -3.52. The van der Waals surface area contributed by atoms with Gasteiger partial charge in [-0.2, -0.15) is 0 Å². The lowest BCUT2D eigenvalue weighted by molar-refractivity contribution is 0.285. The first-order valence-electron chi connectivity index (χ1n) is 5.43. The van der Waals surface area contributed by atoms with Gasteiger partial charge in [0.2, 0.25) is 10.0 Å². The molecular weight excluding hydrogens is 350 g/mol. The molecule has 0 radical (unpaired) electrons. The molecule has 1 aromatic heterocycles. The van der Waals surface area contributed by atoms with Gasteiger partial charge in [0.15, 0.2) is 0 Å². The summed E-state index contributed by atoms with van der Waals surface area (Å²) in [5.74, 6) is 0. The molecular formula is C12H12BrNO3S2. The zero-order chi connectivity index (χ0) is 13.9. The maximum absolute atomic E-state index is 12.0. The molecule has 0 saturated carbocycles. The number of hydrogen-bond acceptors (Lipinski definition) is 4. The standard InChI is InChI=1S/C12H12BrNO3S2/c13-10-3-1-9(2-4-10)6-14-19(16,17)12-5-11(7-15)18-8-12/h1-5,8,14-15H,6-7H2. The van der Waals surface area contributed by atoms with Crippen LogP contribution in [-0.4, -0.2) is 13.5 Å². The summed E-state index contributed by atoms with van der Waals surface area (Å²) in [5, 5.41) is 10.5. The van der Waals surface area contributed by atoms with Gasteiger partial charge >= 0.3 is 0 Å². The molecule has 1 aromatic carbocycles. The summed E-state index contributed by atoms with van der Waals surface area (Å²) in [6.07, 6.45) is 0. The van der Waals surface area contributed by atoms with E-state index in [1.807, 2.05) is 24.3 Å². The van der Waals surface area contributed by atoms with Crippen LogP contribution in [0.2, 0.25) is 0 Å². The lowest BCUT2D eigenvalue weighted by Crippen LogP contribution is -2.22. The van der Waals surface area contributed by atoms with Gasteiger partial charge in [-0.25, -0.2) is 13.1 Å². The molecule has 102 valence electrons. The number of rotatable bonds is 5. The van der Waals surface area contributed by atoms with Crippen molar-refractivity contribution in [3.8, 4) is 0 Å². The van der Waals surface area contributed by atoms with Crippen LogP contribution in [0.25, 0.3) is 0 Å². The van der Waals surface area contributed by atoms with Crippen molar-refractivity contribution in [1.29, 1.82) is 0 Å². The molecule has 0 fully saturated rings. The molecule has 2 aromatic rings. The predicted octanol–water partition coefficient (Wildman–Crippen LogP) is 2.48. The van der Waals surface area contributed by atoms with Crippen molar-refractivity contribution in [2.75, 3.05) is 0 Å². The van der Waals surface area contributed by atoms with E-state index < -0.39 is 10.0 Å². The van der Waals surface area contributed by atoms with Crippen LogP contribution in [-0.2, 0) is 23.2 Å². The summed E-state index contributed by atoms with van der Waals surface area (Å²) in [6, 6.07) is 8.89. The maximum Gasteiger partial charge on any atom is 0.241 e. The van der Waals surface area contributed by atoms with E-state index in [1.165, 1.54) is 22.8 Å². The first-order chi connectivity index (χ1) is 9.01. The van der Waals surface area contributed by atoms with Crippen LogP contribution in [0.5, 0.6) is 0 Å². The van der Waals surface area contributed by atoms with Gasteiger partial charge in [-0.1, -0.05) is 28.1 Å². The van der Waals surface area contributed by atoms with Gasteiger partial charge in [-0.05, 0) is 23.8 Å². The number of halogens is 1. The first-order valence-corrected chi connectivity index (χ1v) is 8.59. The van der Waals surface area contributed by atoms with Crippen molar-refractivity contribution >= 4 is 37.3 Å². The summed E-state index contributed by atoms with van der Waals surface area (Å²) in [4.78, 5) is 0.822. The fraction of sp³-hybridized carbons (Fsp3) is 0.167. The van der Waals surface area contributed by atoms with E-state index >= 15 is 0 Å². The Bertz CT molecular complexity index is 650. The Balaban J connectivity index is 2.07. The number of aliphatic hydroxyl groups is 1. The second-order valence-corrected chi connectivity index (χ2v) is 7.54. The molecule has 2 N–H and O–H groups in total. The molecule has 0 aliphatic heterocycles. The zero-order valence-electron chi connectivity index (χ0n) is 9.84. The normalized spacial score (nSPS) is 11.7. The van der Waals surface area contributed by atoms with Crippen molar-refractivity contribution in [2.45, 2.75) is 18.0 Å². The van der Waals surface area contributed by atoms with Gasteiger partial charge in [-0.15, -0.1) is 11.3 Å². The number of sulfonamides is 1. The monoisotopic (exact) mass is 361 g/mol. The number of thiophene rings is 1. The minimum absolute atomic E-state index is 0.146. The first kappa shape index (κ1) is 14.7. The highest BCUT2D eigenvalue weighted by atomic mass is 79.9. The molecule has 0 spiro atoms. The molecule has 0 atom stereocenters. The van der Waals surface area contributed by atoms with Crippen LogP contribution < -0.4 is 4.72 Å². The van der Waals surface area contributed by atoms with Gasteiger partial charge in [-0.3, -0.25) is 0 Å². The largest absolute Gasteiger partial charge is 0.391 e. The van der Waals surface area contributed by atoms with Crippen LogP contribution in [0.4, 0.5) is 0 Å². The minimum atomic E-state index is -3.52. The maximum atomic E-state index is 12.0. The summed E-state index contributed by atoms with van der Waals surface area (Å²) >= 11 is 4.55. The fourth-order valence-electron chi connectivity index (χ4n) is 1.45. The lowest BCUT2D eigenvalue weighted by atomic mass is 10.2. The van der Waals surface area contributed by atoms with E-state index in [0.717, 1.165) is 10.0 Å². The minimum Gasteiger partial charge on any atom is -0.391 e. The van der Waals surface area contributed by atoms with Crippen molar-refractivity contribution in [2.24, 2.45) is 0 Å². The molecule has 19 heavy (non-hydrogen) atoms. The molecule has 0 aliphatic rings. The van der Waals surface area contributed by atoms with Gasteiger partial charge in [0.25, 0.3) is 0 Å². The third-order valence-electron chi connectivity index (χ3n) is 2.48. The Morgan fingerprint density at radius 1 is 1.26 bits per heavy atom. The predicted molar refractivity (Wildman–Crippen MR) is 78.4 cm³/mol. The van der Waals surface area contributed by atoms with E-state index in [4.69, 9.17) is 5.11 Å². The third kappa shape index (κ3) is 3.87. The van der Waals surface area contributed by atoms with E-state index in [9.17, 15) is 8.42 Å². The second-order valence-electron chi connectivity index (χ2n) is 3.86. The molecule has 0 bridgehead atoms. The molecule has 7 heteroatoms. The van der Waals surface area contributed by atoms with Crippen LogP contribution >= 0.6 is 27.3 Å². The van der Waals surface area contributed by atoms with E-state index in [-0.39, 0.29) is 18.0 Å². The van der Waals surface area contributed by atoms with Crippen molar-refractivity contribution in [1.82, 2.24) is 4.72 Å². The van der Waals surface area contributed by atoms with Crippen LogP contribution in [0, 0.1) is 0 Å². The van der Waals surface area contributed by atoms with E-state index in [2.05, 4.69) is 20.7 Å². The van der Waals surface area contributed by atoms with Crippen LogP contribution in [0.1, 0.15) is 10.4 Å². The van der Waals surface area contributed by atoms with Gasteiger partial charge in [0.05, 0.1) is 11.5 Å². The quantitative estimate of drug-likeness (QED) is 0.859. The highest BCUT2D eigenvalue weighted by molar-refractivity contribution is 9.10. The molecule has 0 saturated heterocycles. The number of benzene rings is 1. The average Bonchev–Trinajstić information content (AvgIpc) is 2.88. The third-order valence-corrected chi connectivity index (χ3v) is 5.46. The fourth-order valence-corrected chi connectivity index (χ4v) is 3.86. The van der Waals surface area contributed by atoms with Gasteiger partial charge < -0.3 is 5.11 Å². The molecule has 0 unspecified atom stereocenters. The number of hydrogen-bond donors (Lipinski definition) is 2. The summed E-state index contributed by atoms with van der Waals surface area (Å²) in [5.41, 5.74) is 0.879. The number of aliphatic hydroxyl groups excluding tert-OH is 1. The summed E-state index contributed by atoms with van der Waals surface area (Å²) in [6.45, 7) is 0.0901. The van der Waals surface area contributed by atoms with Crippen molar-refractivity contribution < 1.29 is 13.5 Å². The van der Waals surface area contributed by atoms with Gasteiger partial charge in [0, 0.05) is 21.3 Å². The molecule has 1 heterocycles. The second kappa shape index (κ2) is 6.15. The Morgan fingerprint density at radius 2 is 1.95 bits per heavy atom. The topological polar surface area (TPSA) is 66.4 Å². The lowest BCUT2D eigenvalue weighted by Gasteiger charge is -2.05. The molecule has 4 nitrogen and oxygen atoms in total. The Labute approximate surface area is 124 Å². The average molecular weight is 362 g/mol. The van der Waals surface area contributed by atoms with E-state index in [1.54, 1.807) is 0 Å². The Morgan fingerprint density at radius 3 is 2.53 bits per heavy atom. The molecule has 0 amide bonds. The van der Waals surface area contributed by atoms with Crippen LogP contribution in [0.15, 0.2) is 45.1 Å². The van der Waals surface area contributed by atoms with Crippen LogP contribution in [0.3, 0.4) is 0 Å². The van der Waals surface area contributed by atoms with E-state index in [0.29, 0.717) is 4.88 Å². The smallest absolute Gasteiger partial charge is 0.241 e. The molecule has 0 aliphatic carbocycles. The van der Waals surface area contributed by atoms with Crippen molar-refractivity contribution in [3.05, 3.63) is 50.6 Å². The Kier molecular flexibility index (Phi) is 4.75. The number of nitrogens with one attached hydrogen (secondary N) is 1. The molecule has 2 rings (SSSR count).